The summed E-state index contributed by atoms with van der Waals surface area (Å²) in [5.74, 6) is -0.0444. The lowest BCUT2D eigenvalue weighted by Crippen LogP contribution is -2.52. The van der Waals surface area contributed by atoms with Crippen LogP contribution in [0.1, 0.15) is 24.8 Å². The molecule has 1 aliphatic rings. The van der Waals surface area contributed by atoms with Gasteiger partial charge in [0, 0.05) is 11.0 Å². The van der Waals surface area contributed by atoms with Crippen molar-refractivity contribution in [1.29, 1.82) is 0 Å². The summed E-state index contributed by atoms with van der Waals surface area (Å²) in [5.41, 5.74) is 6.14. The molecule has 1 aromatic rings. The second-order valence-electron chi connectivity index (χ2n) is 4.57. The van der Waals surface area contributed by atoms with Crippen LogP contribution in [0.4, 0.5) is 0 Å². The molecule has 1 fully saturated rings. The molecule has 5 heteroatoms. The van der Waals surface area contributed by atoms with Crippen molar-refractivity contribution >= 4 is 39.0 Å². The van der Waals surface area contributed by atoms with Crippen LogP contribution in [0, 0.1) is 5.41 Å². The molecular weight excluding hydrogens is 312 g/mol. The zero-order valence-corrected chi connectivity index (χ0v) is 12.3. The van der Waals surface area contributed by atoms with E-state index in [4.69, 9.17) is 18.0 Å². The van der Waals surface area contributed by atoms with Gasteiger partial charge in [0.15, 0.2) is 0 Å². The summed E-state index contributed by atoms with van der Waals surface area (Å²) in [7, 11) is 0. The molecule has 0 bridgehead atoms. The van der Waals surface area contributed by atoms with Gasteiger partial charge in [0.05, 0.1) is 10.4 Å². The van der Waals surface area contributed by atoms with Crippen molar-refractivity contribution < 1.29 is 4.79 Å². The molecule has 0 heterocycles. The lowest BCUT2D eigenvalue weighted by Gasteiger charge is -2.39. The molecule has 0 atom stereocenters. The zero-order valence-electron chi connectivity index (χ0n) is 9.91. The number of amides is 1. The van der Waals surface area contributed by atoms with E-state index in [9.17, 15) is 4.79 Å². The Morgan fingerprint density at radius 3 is 2.61 bits per heavy atom. The predicted octanol–water partition coefficient (Wildman–Crippen LogP) is 2.52. The third-order valence-corrected chi connectivity index (χ3v) is 4.68. The number of nitrogens with one attached hydrogen (secondary N) is 1. The van der Waals surface area contributed by atoms with Gasteiger partial charge < -0.3 is 11.1 Å². The highest BCUT2D eigenvalue weighted by molar-refractivity contribution is 9.10. The van der Waals surface area contributed by atoms with Gasteiger partial charge in [0.2, 0.25) is 5.91 Å². The Kier molecular flexibility index (Phi) is 4.02. The van der Waals surface area contributed by atoms with Crippen LogP contribution in [0.2, 0.25) is 0 Å². The van der Waals surface area contributed by atoms with Crippen LogP contribution in [0.3, 0.4) is 0 Å². The highest BCUT2D eigenvalue weighted by Gasteiger charge is 2.46. The Labute approximate surface area is 120 Å². The molecule has 2 rings (SSSR count). The van der Waals surface area contributed by atoms with Gasteiger partial charge in [-0.25, -0.2) is 0 Å². The smallest absolute Gasteiger partial charge is 0.233 e. The van der Waals surface area contributed by atoms with Gasteiger partial charge in [0.25, 0.3) is 0 Å². The number of rotatable bonds is 4. The first-order chi connectivity index (χ1) is 8.56. The Bertz CT molecular complexity index is 486. The SMILES string of the molecule is NC(=S)C1(C(=O)NCc2ccccc2Br)CCC1. The summed E-state index contributed by atoms with van der Waals surface area (Å²) in [4.78, 5) is 12.5. The van der Waals surface area contributed by atoms with Crippen molar-refractivity contribution in [1.82, 2.24) is 5.32 Å². The van der Waals surface area contributed by atoms with Crippen LogP contribution >= 0.6 is 28.1 Å². The van der Waals surface area contributed by atoms with Crippen LogP contribution in [0.25, 0.3) is 0 Å². The first kappa shape index (κ1) is 13.5. The molecule has 1 saturated carbocycles. The van der Waals surface area contributed by atoms with Gasteiger partial charge in [-0.15, -0.1) is 0 Å². The molecule has 3 nitrogen and oxygen atoms in total. The van der Waals surface area contributed by atoms with Crippen molar-refractivity contribution in [3.63, 3.8) is 0 Å². The maximum absolute atomic E-state index is 12.2. The van der Waals surface area contributed by atoms with E-state index in [2.05, 4.69) is 21.2 Å². The van der Waals surface area contributed by atoms with E-state index >= 15 is 0 Å². The molecule has 0 unspecified atom stereocenters. The summed E-state index contributed by atoms with van der Waals surface area (Å²) >= 11 is 8.48. The predicted molar refractivity (Wildman–Crippen MR) is 79.1 cm³/mol. The van der Waals surface area contributed by atoms with Crippen molar-refractivity contribution in [3.8, 4) is 0 Å². The van der Waals surface area contributed by atoms with Gasteiger partial charge in [-0.3, -0.25) is 4.79 Å². The topological polar surface area (TPSA) is 55.1 Å². The van der Waals surface area contributed by atoms with Crippen molar-refractivity contribution in [2.24, 2.45) is 11.1 Å². The number of nitrogens with two attached hydrogens (primary N) is 1. The monoisotopic (exact) mass is 326 g/mol. The number of benzene rings is 1. The number of halogens is 1. The van der Waals surface area contributed by atoms with E-state index in [1.165, 1.54) is 0 Å². The summed E-state index contributed by atoms with van der Waals surface area (Å²) in [6.45, 7) is 0.491. The molecule has 3 N–H and O–H groups in total. The van der Waals surface area contributed by atoms with Crippen LogP contribution in [0.5, 0.6) is 0 Å². The number of hydrogen-bond donors (Lipinski definition) is 2. The molecule has 0 spiro atoms. The van der Waals surface area contributed by atoms with E-state index < -0.39 is 5.41 Å². The third-order valence-electron chi connectivity index (χ3n) is 3.51. The summed E-state index contributed by atoms with van der Waals surface area (Å²) < 4.78 is 0.989. The second kappa shape index (κ2) is 5.36. The van der Waals surface area contributed by atoms with Crippen molar-refractivity contribution in [2.45, 2.75) is 25.8 Å². The molecule has 0 saturated heterocycles. The minimum atomic E-state index is -0.601. The lowest BCUT2D eigenvalue weighted by molar-refractivity contribution is -0.131. The Balaban J connectivity index is 2.01. The van der Waals surface area contributed by atoms with Gasteiger partial charge in [-0.1, -0.05) is 52.8 Å². The average molecular weight is 327 g/mol. The number of thiocarbonyl (C=S) groups is 1. The van der Waals surface area contributed by atoms with Gasteiger partial charge in [0.1, 0.15) is 0 Å². The molecule has 1 amide bonds. The van der Waals surface area contributed by atoms with Gasteiger partial charge >= 0.3 is 0 Å². The Hall–Kier alpha value is -0.940. The minimum absolute atomic E-state index is 0.0444. The van der Waals surface area contributed by atoms with E-state index in [0.717, 1.165) is 29.3 Å². The van der Waals surface area contributed by atoms with E-state index in [1.807, 2.05) is 24.3 Å². The molecule has 0 aliphatic heterocycles. The van der Waals surface area contributed by atoms with Crippen molar-refractivity contribution in [2.75, 3.05) is 0 Å². The standard InChI is InChI=1S/C13H15BrN2OS/c14-10-5-2-1-4-9(10)8-16-12(17)13(11(15)18)6-3-7-13/h1-2,4-5H,3,6-8H2,(H2,15,18)(H,16,17). The first-order valence-corrected chi connectivity index (χ1v) is 7.08. The second-order valence-corrected chi connectivity index (χ2v) is 5.87. The number of carbonyl (C=O) groups is 1. The van der Waals surface area contributed by atoms with E-state index in [1.54, 1.807) is 0 Å². The summed E-state index contributed by atoms with van der Waals surface area (Å²) in [6.07, 6.45) is 2.55. The zero-order chi connectivity index (χ0) is 13.2. The summed E-state index contributed by atoms with van der Waals surface area (Å²) in [6, 6.07) is 7.81. The number of hydrogen-bond acceptors (Lipinski definition) is 2. The molecule has 0 aromatic heterocycles. The summed E-state index contributed by atoms with van der Waals surface area (Å²) in [5, 5.41) is 2.93. The van der Waals surface area contributed by atoms with Crippen LogP contribution < -0.4 is 11.1 Å². The normalized spacial score (nSPS) is 16.7. The fourth-order valence-corrected chi connectivity index (χ4v) is 2.82. The highest BCUT2D eigenvalue weighted by Crippen LogP contribution is 2.41. The maximum Gasteiger partial charge on any atom is 0.233 e. The minimum Gasteiger partial charge on any atom is -0.392 e. The molecule has 96 valence electrons. The fourth-order valence-electron chi connectivity index (χ4n) is 2.10. The lowest BCUT2D eigenvalue weighted by atomic mass is 9.68. The fraction of sp³-hybridized carbons (Fsp3) is 0.385. The molecule has 18 heavy (non-hydrogen) atoms. The largest absolute Gasteiger partial charge is 0.392 e. The molecular formula is C13H15BrN2OS. The molecule has 1 aromatic carbocycles. The highest BCUT2D eigenvalue weighted by atomic mass is 79.9. The quantitative estimate of drug-likeness (QED) is 0.836. The van der Waals surface area contributed by atoms with Gasteiger partial charge in [-0.2, -0.15) is 0 Å². The third kappa shape index (κ3) is 2.42. The first-order valence-electron chi connectivity index (χ1n) is 5.88. The molecule has 0 radical (unpaired) electrons. The average Bonchev–Trinajstić information content (AvgIpc) is 2.26. The van der Waals surface area contributed by atoms with Crippen LogP contribution in [0.15, 0.2) is 28.7 Å². The van der Waals surface area contributed by atoms with Crippen LogP contribution in [-0.2, 0) is 11.3 Å². The van der Waals surface area contributed by atoms with Gasteiger partial charge in [-0.05, 0) is 24.5 Å². The van der Waals surface area contributed by atoms with Crippen molar-refractivity contribution in [3.05, 3.63) is 34.3 Å². The molecule has 1 aliphatic carbocycles. The Morgan fingerprint density at radius 2 is 2.11 bits per heavy atom. The maximum atomic E-state index is 12.2. The van der Waals surface area contributed by atoms with Crippen LogP contribution in [-0.4, -0.2) is 10.9 Å². The van der Waals surface area contributed by atoms with E-state index in [0.29, 0.717) is 11.5 Å². The Morgan fingerprint density at radius 1 is 1.44 bits per heavy atom. The van der Waals surface area contributed by atoms with E-state index in [-0.39, 0.29) is 5.91 Å². The number of carbonyl (C=O) groups excluding carboxylic acids is 1.